The quantitative estimate of drug-likeness (QED) is 0.534. The Labute approximate surface area is 180 Å². The van der Waals surface area contributed by atoms with Crippen LogP contribution in [-0.4, -0.2) is 50.8 Å². The maximum Gasteiger partial charge on any atom is 0.223 e. The van der Waals surface area contributed by atoms with Gasteiger partial charge in [0, 0.05) is 31.7 Å². The van der Waals surface area contributed by atoms with E-state index in [1.54, 1.807) is 24.4 Å². The number of aromatic hydroxyl groups is 1. The number of carbonyl (C=O) groups excluding carboxylic acids is 1. The van der Waals surface area contributed by atoms with Gasteiger partial charge in [0.15, 0.2) is 11.6 Å². The maximum absolute atomic E-state index is 12.5. The second-order valence-electron chi connectivity index (χ2n) is 7.47. The Hall–Kier alpha value is -3.75. The number of rotatable bonds is 7. The number of nitrogens with zero attached hydrogens (tertiary/aromatic N) is 5. The summed E-state index contributed by atoms with van der Waals surface area (Å²) in [6, 6.07) is 12.6. The summed E-state index contributed by atoms with van der Waals surface area (Å²) in [5.74, 6) is 2.46. The Bertz CT molecular complexity index is 973. The van der Waals surface area contributed by atoms with Gasteiger partial charge in [-0.15, -0.1) is 10.2 Å². The molecule has 0 aliphatic carbocycles. The van der Waals surface area contributed by atoms with Gasteiger partial charge >= 0.3 is 0 Å². The van der Waals surface area contributed by atoms with Gasteiger partial charge in [-0.05, 0) is 55.2 Å². The van der Waals surface area contributed by atoms with E-state index in [-0.39, 0.29) is 17.6 Å². The highest BCUT2D eigenvalue weighted by atomic mass is 16.3. The first-order valence-corrected chi connectivity index (χ1v) is 10.3. The fraction of sp³-hybridized carbons (Fsp3) is 0.318. The van der Waals surface area contributed by atoms with Gasteiger partial charge in [-0.3, -0.25) is 4.79 Å². The molecule has 4 rings (SSSR count). The highest BCUT2D eigenvalue weighted by Crippen LogP contribution is 2.22. The summed E-state index contributed by atoms with van der Waals surface area (Å²) in [7, 11) is 0. The molecular weight excluding hydrogens is 394 g/mol. The minimum atomic E-state index is 0.0164. The van der Waals surface area contributed by atoms with Crippen LogP contribution < -0.4 is 15.5 Å². The summed E-state index contributed by atoms with van der Waals surface area (Å²) >= 11 is 0. The molecule has 1 aromatic carbocycles. The largest absolute Gasteiger partial charge is 0.508 e. The molecule has 3 aromatic rings. The molecule has 160 valence electrons. The second kappa shape index (κ2) is 9.84. The lowest BCUT2D eigenvalue weighted by Gasteiger charge is -2.31. The first kappa shape index (κ1) is 20.5. The SMILES string of the molecule is O=C(NCCc1ccc(O)cc1)C1CCN(c2ccc(Nc3ccncn3)nn2)CC1. The molecule has 3 N–H and O–H groups in total. The zero-order valence-electron chi connectivity index (χ0n) is 17.1. The van der Waals surface area contributed by atoms with Crippen LogP contribution in [0.25, 0.3) is 0 Å². The molecule has 1 fully saturated rings. The Morgan fingerprint density at radius 3 is 2.52 bits per heavy atom. The van der Waals surface area contributed by atoms with Crippen molar-refractivity contribution in [3.63, 3.8) is 0 Å². The molecule has 2 aromatic heterocycles. The number of piperidine rings is 1. The van der Waals surface area contributed by atoms with Crippen LogP contribution >= 0.6 is 0 Å². The highest BCUT2D eigenvalue weighted by Gasteiger charge is 2.25. The molecule has 1 aliphatic rings. The van der Waals surface area contributed by atoms with E-state index < -0.39 is 0 Å². The predicted octanol–water partition coefficient (Wildman–Crippen LogP) is 2.29. The fourth-order valence-electron chi connectivity index (χ4n) is 3.56. The molecule has 0 spiro atoms. The zero-order chi connectivity index (χ0) is 21.5. The average molecular weight is 419 g/mol. The van der Waals surface area contributed by atoms with E-state index in [4.69, 9.17) is 0 Å². The Morgan fingerprint density at radius 1 is 1.03 bits per heavy atom. The van der Waals surface area contributed by atoms with E-state index in [0.717, 1.165) is 43.7 Å². The van der Waals surface area contributed by atoms with Gasteiger partial charge in [-0.2, -0.15) is 0 Å². The van der Waals surface area contributed by atoms with Crippen molar-refractivity contribution in [2.75, 3.05) is 29.9 Å². The van der Waals surface area contributed by atoms with Crippen LogP contribution in [0.5, 0.6) is 5.75 Å². The standard InChI is InChI=1S/C22H25N7O2/c30-18-3-1-16(2-4-18)7-12-24-22(31)17-9-13-29(14-10-17)21-6-5-20(27-28-21)26-19-8-11-23-15-25-19/h1-6,8,11,15,17,30H,7,9-10,12-14H2,(H,24,31)(H,23,25,26,27). The number of anilines is 3. The van der Waals surface area contributed by atoms with Crippen molar-refractivity contribution in [2.24, 2.45) is 5.92 Å². The van der Waals surface area contributed by atoms with E-state index >= 15 is 0 Å². The van der Waals surface area contributed by atoms with Gasteiger partial charge in [0.1, 0.15) is 17.9 Å². The van der Waals surface area contributed by atoms with Gasteiger partial charge < -0.3 is 20.6 Å². The molecule has 31 heavy (non-hydrogen) atoms. The van der Waals surface area contributed by atoms with Crippen LogP contribution in [0.2, 0.25) is 0 Å². The molecule has 3 heterocycles. The number of phenolic OH excluding ortho intramolecular Hbond substituents is 1. The van der Waals surface area contributed by atoms with E-state index in [1.807, 2.05) is 24.3 Å². The molecule has 1 aliphatic heterocycles. The number of amides is 1. The molecule has 0 bridgehead atoms. The monoisotopic (exact) mass is 419 g/mol. The molecule has 0 atom stereocenters. The number of nitrogens with one attached hydrogen (secondary N) is 2. The second-order valence-corrected chi connectivity index (χ2v) is 7.47. The van der Waals surface area contributed by atoms with Crippen molar-refractivity contribution in [1.82, 2.24) is 25.5 Å². The van der Waals surface area contributed by atoms with Crippen molar-refractivity contribution < 1.29 is 9.90 Å². The highest BCUT2D eigenvalue weighted by molar-refractivity contribution is 5.79. The molecule has 9 heteroatoms. The van der Waals surface area contributed by atoms with Gasteiger partial charge in [-0.1, -0.05) is 12.1 Å². The summed E-state index contributed by atoms with van der Waals surface area (Å²) in [5.41, 5.74) is 1.09. The topological polar surface area (TPSA) is 116 Å². The molecule has 0 unspecified atom stereocenters. The lowest BCUT2D eigenvalue weighted by molar-refractivity contribution is -0.125. The molecule has 1 amide bonds. The fourth-order valence-corrected chi connectivity index (χ4v) is 3.56. The Balaban J connectivity index is 1.21. The number of hydrogen-bond donors (Lipinski definition) is 3. The number of aromatic nitrogens is 4. The number of phenols is 1. The van der Waals surface area contributed by atoms with Crippen molar-refractivity contribution in [3.8, 4) is 5.75 Å². The summed E-state index contributed by atoms with van der Waals surface area (Å²) < 4.78 is 0. The molecule has 1 saturated heterocycles. The summed E-state index contributed by atoms with van der Waals surface area (Å²) in [6.07, 6.45) is 5.44. The third kappa shape index (κ3) is 5.65. The van der Waals surface area contributed by atoms with Gasteiger partial charge in [0.2, 0.25) is 5.91 Å². The first-order chi connectivity index (χ1) is 15.2. The summed E-state index contributed by atoms with van der Waals surface area (Å²) in [4.78, 5) is 22.6. The van der Waals surface area contributed by atoms with Gasteiger partial charge in [0.25, 0.3) is 0 Å². The van der Waals surface area contributed by atoms with Crippen molar-refractivity contribution in [2.45, 2.75) is 19.3 Å². The Morgan fingerprint density at radius 2 is 1.84 bits per heavy atom. The van der Waals surface area contributed by atoms with E-state index in [9.17, 15) is 9.90 Å². The number of hydrogen-bond acceptors (Lipinski definition) is 8. The smallest absolute Gasteiger partial charge is 0.223 e. The van der Waals surface area contributed by atoms with E-state index in [2.05, 4.69) is 35.7 Å². The Kier molecular flexibility index (Phi) is 6.51. The third-order valence-electron chi connectivity index (χ3n) is 5.33. The van der Waals surface area contributed by atoms with Crippen molar-refractivity contribution >= 4 is 23.4 Å². The minimum Gasteiger partial charge on any atom is -0.508 e. The normalized spacial score (nSPS) is 14.3. The van der Waals surface area contributed by atoms with Gasteiger partial charge in [-0.25, -0.2) is 9.97 Å². The predicted molar refractivity (Wildman–Crippen MR) is 117 cm³/mol. The van der Waals surface area contributed by atoms with Crippen LogP contribution in [0.4, 0.5) is 17.5 Å². The molecular formula is C22H25N7O2. The van der Waals surface area contributed by atoms with Crippen LogP contribution in [0, 0.1) is 5.92 Å². The van der Waals surface area contributed by atoms with Crippen LogP contribution in [0.1, 0.15) is 18.4 Å². The number of benzene rings is 1. The summed E-state index contributed by atoms with van der Waals surface area (Å²) in [5, 5.41) is 24.0. The molecule has 0 saturated carbocycles. The van der Waals surface area contributed by atoms with Gasteiger partial charge in [0.05, 0.1) is 0 Å². The van der Waals surface area contributed by atoms with Crippen LogP contribution in [0.3, 0.4) is 0 Å². The zero-order valence-corrected chi connectivity index (χ0v) is 17.1. The lowest BCUT2D eigenvalue weighted by Crippen LogP contribution is -2.41. The lowest BCUT2D eigenvalue weighted by atomic mass is 9.96. The first-order valence-electron chi connectivity index (χ1n) is 10.3. The third-order valence-corrected chi connectivity index (χ3v) is 5.33. The number of carbonyl (C=O) groups is 1. The average Bonchev–Trinajstić information content (AvgIpc) is 2.82. The van der Waals surface area contributed by atoms with E-state index in [1.165, 1.54) is 6.33 Å². The van der Waals surface area contributed by atoms with E-state index in [0.29, 0.717) is 18.2 Å². The summed E-state index contributed by atoms with van der Waals surface area (Å²) in [6.45, 7) is 2.13. The minimum absolute atomic E-state index is 0.0164. The molecule has 0 radical (unpaired) electrons. The van der Waals surface area contributed by atoms with Crippen LogP contribution in [0.15, 0.2) is 55.0 Å². The van der Waals surface area contributed by atoms with Crippen LogP contribution in [-0.2, 0) is 11.2 Å². The van der Waals surface area contributed by atoms with Crippen molar-refractivity contribution in [1.29, 1.82) is 0 Å². The maximum atomic E-state index is 12.5. The van der Waals surface area contributed by atoms with Crippen molar-refractivity contribution in [3.05, 3.63) is 60.6 Å². The molecule has 9 nitrogen and oxygen atoms in total.